The molecule has 0 radical (unpaired) electrons. The van der Waals surface area contributed by atoms with Crippen LogP contribution in [0.1, 0.15) is 0 Å². The van der Waals surface area contributed by atoms with Gasteiger partial charge in [0.1, 0.15) is 12.1 Å². The zero-order valence-electron chi connectivity index (χ0n) is 7.11. The SMILES string of the molecule is Fc1cc(I)ccc1Nn1ccnc1. The van der Waals surface area contributed by atoms with Gasteiger partial charge < -0.3 is 0 Å². The van der Waals surface area contributed by atoms with Crippen LogP contribution in [-0.2, 0) is 0 Å². The summed E-state index contributed by atoms with van der Waals surface area (Å²) in [5.41, 5.74) is 3.29. The van der Waals surface area contributed by atoms with Gasteiger partial charge in [-0.15, -0.1) is 0 Å². The lowest BCUT2D eigenvalue weighted by Crippen LogP contribution is -2.07. The summed E-state index contributed by atoms with van der Waals surface area (Å²) in [4.78, 5) is 3.84. The number of anilines is 1. The maximum atomic E-state index is 13.3. The van der Waals surface area contributed by atoms with E-state index in [0.717, 1.165) is 3.57 Å². The molecule has 0 aliphatic heterocycles. The average molecular weight is 303 g/mol. The number of nitrogens with zero attached hydrogens (tertiary/aromatic N) is 2. The van der Waals surface area contributed by atoms with Crippen LogP contribution in [0.25, 0.3) is 0 Å². The first-order chi connectivity index (χ1) is 6.75. The van der Waals surface area contributed by atoms with Gasteiger partial charge in [-0.05, 0) is 40.8 Å². The Labute approximate surface area is 94.1 Å². The monoisotopic (exact) mass is 303 g/mol. The maximum Gasteiger partial charge on any atom is 0.149 e. The van der Waals surface area contributed by atoms with Crippen molar-refractivity contribution in [1.82, 2.24) is 9.66 Å². The lowest BCUT2D eigenvalue weighted by atomic mass is 10.3. The predicted molar refractivity (Wildman–Crippen MR) is 60.4 cm³/mol. The van der Waals surface area contributed by atoms with Crippen molar-refractivity contribution in [2.75, 3.05) is 5.43 Å². The van der Waals surface area contributed by atoms with E-state index in [0.29, 0.717) is 5.69 Å². The lowest BCUT2D eigenvalue weighted by Gasteiger charge is -2.07. The minimum Gasteiger partial charge on any atom is -0.290 e. The molecule has 0 amide bonds. The molecule has 0 bridgehead atoms. The molecule has 0 fully saturated rings. The number of hydrogen-bond acceptors (Lipinski definition) is 2. The van der Waals surface area contributed by atoms with Gasteiger partial charge in [0.2, 0.25) is 0 Å². The van der Waals surface area contributed by atoms with Crippen molar-refractivity contribution >= 4 is 28.3 Å². The predicted octanol–water partition coefficient (Wildman–Crippen LogP) is 2.50. The van der Waals surface area contributed by atoms with E-state index in [2.05, 4.69) is 33.0 Å². The normalized spacial score (nSPS) is 10.1. The van der Waals surface area contributed by atoms with Crippen LogP contribution in [0, 0.1) is 9.39 Å². The van der Waals surface area contributed by atoms with E-state index < -0.39 is 0 Å². The minimum atomic E-state index is -0.273. The van der Waals surface area contributed by atoms with Crippen LogP contribution in [0.2, 0.25) is 0 Å². The van der Waals surface area contributed by atoms with Crippen LogP contribution in [0.3, 0.4) is 0 Å². The van der Waals surface area contributed by atoms with E-state index in [1.807, 2.05) is 6.07 Å². The van der Waals surface area contributed by atoms with Crippen molar-refractivity contribution in [3.8, 4) is 0 Å². The van der Waals surface area contributed by atoms with Gasteiger partial charge in [0.25, 0.3) is 0 Å². The molecule has 72 valence electrons. The molecule has 3 nitrogen and oxygen atoms in total. The first-order valence-electron chi connectivity index (χ1n) is 3.96. The molecule has 0 unspecified atom stereocenters. The second kappa shape index (κ2) is 3.95. The van der Waals surface area contributed by atoms with Crippen molar-refractivity contribution in [1.29, 1.82) is 0 Å². The first kappa shape index (κ1) is 9.45. The largest absolute Gasteiger partial charge is 0.290 e. The summed E-state index contributed by atoms with van der Waals surface area (Å²) < 4.78 is 15.8. The quantitative estimate of drug-likeness (QED) is 0.864. The Morgan fingerprint density at radius 1 is 1.43 bits per heavy atom. The van der Waals surface area contributed by atoms with E-state index in [4.69, 9.17) is 0 Å². The number of imidazole rings is 1. The van der Waals surface area contributed by atoms with Crippen LogP contribution < -0.4 is 5.43 Å². The Morgan fingerprint density at radius 3 is 2.93 bits per heavy atom. The summed E-state index contributed by atoms with van der Waals surface area (Å²) in [6, 6.07) is 5.00. The molecule has 0 aliphatic carbocycles. The van der Waals surface area contributed by atoms with Crippen molar-refractivity contribution < 1.29 is 4.39 Å². The number of rotatable bonds is 2. The number of benzene rings is 1. The molecule has 0 saturated carbocycles. The Kier molecular flexibility index (Phi) is 2.67. The number of nitrogens with one attached hydrogen (secondary N) is 1. The molecule has 2 aromatic rings. The third-order valence-electron chi connectivity index (χ3n) is 1.69. The van der Waals surface area contributed by atoms with E-state index in [-0.39, 0.29) is 5.82 Å². The summed E-state index contributed by atoms with van der Waals surface area (Å²) in [6.45, 7) is 0. The highest BCUT2D eigenvalue weighted by atomic mass is 127. The number of aromatic nitrogens is 2. The summed E-state index contributed by atoms with van der Waals surface area (Å²) in [7, 11) is 0. The lowest BCUT2D eigenvalue weighted by molar-refractivity contribution is 0.627. The highest BCUT2D eigenvalue weighted by Crippen LogP contribution is 2.16. The number of halogens is 2. The summed E-state index contributed by atoms with van der Waals surface area (Å²) in [5, 5.41) is 0. The van der Waals surface area contributed by atoms with Crippen molar-refractivity contribution in [2.24, 2.45) is 0 Å². The fourth-order valence-electron chi connectivity index (χ4n) is 1.04. The fourth-order valence-corrected chi connectivity index (χ4v) is 1.50. The van der Waals surface area contributed by atoms with Crippen LogP contribution >= 0.6 is 22.6 Å². The second-order valence-corrected chi connectivity index (χ2v) is 3.95. The van der Waals surface area contributed by atoms with Gasteiger partial charge in [-0.3, -0.25) is 10.1 Å². The molecule has 0 aliphatic rings. The van der Waals surface area contributed by atoms with E-state index >= 15 is 0 Å². The first-order valence-corrected chi connectivity index (χ1v) is 5.03. The van der Waals surface area contributed by atoms with Crippen molar-refractivity contribution in [2.45, 2.75) is 0 Å². The van der Waals surface area contributed by atoms with Gasteiger partial charge in [-0.25, -0.2) is 9.37 Å². The minimum absolute atomic E-state index is 0.273. The Bertz CT molecular complexity index is 428. The smallest absolute Gasteiger partial charge is 0.149 e. The molecule has 0 atom stereocenters. The third kappa shape index (κ3) is 2.03. The molecule has 2 rings (SSSR count). The molecule has 5 heteroatoms. The average Bonchev–Trinajstić information content (AvgIpc) is 2.62. The van der Waals surface area contributed by atoms with Gasteiger partial charge in [-0.2, -0.15) is 0 Å². The Morgan fingerprint density at radius 2 is 2.29 bits per heavy atom. The number of hydrogen-bond donors (Lipinski definition) is 1. The molecule has 14 heavy (non-hydrogen) atoms. The molecular formula is C9H7FIN3. The molecule has 0 saturated heterocycles. The summed E-state index contributed by atoms with van der Waals surface area (Å²) in [5.74, 6) is -0.273. The van der Waals surface area contributed by atoms with Crippen LogP contribution in [0.4, 0.5) is 10.1 Å². The second-order valence-electron chi connectivity index (χ2n) is 2.71. The molecule has 1 heterocycles. The van der Waals surface area contributed by atoms with E-state index in [9.17, 15) is 4.39 Å². The van der Waals surface area contributed by atoms with Crippen molar-refractivity contribution in [3.05, 3.63) is 46.3 Å². The van der Waals surface area contributed by atoms with Crippen molar-refractivity contribution in [3.63, 3.8) is 0 Å². The van der Waals surface area contributed by atoms with Gasteiger partial charge >= 0.3 is 0 Å². The van der Waals surface area contributed by atoms with Gasteiger partial charge in [0.05, 0.1) is 5.69 Å². The van der Waals surface area contributed by atoms with Gasteiger partial charge in [-0.1, -0.05) is 0 Å². The van der Waals surface area contributed by atoms with Gasteiger partial charge in [0, 0.05) is 16.0 Å². The van der Waals surface area contributed by atoms with Crippen LogP contribution in [0.5, 0.6) is 0 Å². The van der Waals surface area contributed by atoms with Crippen LogP contribution in [-0.4, -0.2) is 9.66 Å². The highest BCUT2D eigenvalue weighted by Gasteiger charge is 2.01. The summed E-state index contributed by atoms with van der Waals surface area (Å²) >= 11 is 2.07. The molecule has 1 aromatic heterocycles. The molecule has 1 aromatic carbocycles. The topological polar surface area (TPSA) is 29.9 Å². The van der Waals surface area contributed by atoms with E-state index in [1.165, 1.54) is 6.07 Å². The fraction of sp³-hybridized carbons (Fsp3) is 0. The summed E-state index contributed by atoms with van der Waals surface area (Å²) in [6.07, 6.45) is 4.90. The van der Waals surface area contributed by atoms with Gasteiger partial charge in [0.15, 0.2) is 0 Å². The zero-order valence-corrected chi connectivity index (χ0v) is 9.27. The Balaban J connectivity index is 2.25. The Hall–Kier alpha value is -1.11. The third-order valence-corrected chi connectivity index (χ3v) is 2.36. The zero-order chi connectivity index (χ0) is 9.97. The maximum absolute atomic E-state index is 13.3. The molecule has 0 spiro atoms. The van der Waals surface area contributed by atoms with Crippen LogP contribution in [0.15, 0.2) is 36.9 Å². The molecular weight excluding hydrogens is 296 g/mol. The molecule has 1 N–H and O–H groups in total. The van der Waals surface area contributed by atoms with E-state index in [1.54, 1.807) is 29.5 Å². The highest BCUT2D eigenvalue weighted by molar-refractivity contribution is 14.1. The standard InChI is InChI=1S/C9H7FIN3/c10-8-5-7(11)1-2-9(8)13-14-4-3-12-6-14/h1-6,13H.